The van der Waals surface area contributed by atoms with Crippen LogP contribution in [-0.2, 0) is 0 Å². The lowest BCUT2D eigenvalue weighted by atomic mass is 9.86. The van der Waals surface area contributed by atoms with Gasteiger partial charge in [0.15, 0.2) is 0 Å². The predicted molar refractivity (Wildman–Crippen MR) is 181 cm³/mol. The Labute approximate surface area is 244 Å². The number of rotatable bonds is 29. The number of hydrogen-bond donors (Lipinski definition) is 0. The van der Waals surface area contributed by atoms with E-state index in [9.17, 15) is 0 Å². The molecule has 0 aliphatic carbocycles. The van der Waals surface area contributed by atoms with E-state index in [0.717, 1.165) is 5.92 Å². The predicted octanol–water partition coefficient (Wildman–Crippen LogP) is 11.4. The quantitative estimate of drug-likeness (QED) is 0.0803. The molecule has 0 saturated heterocycles. The van der Waals surface area contributed by atoms with Crippen molar-refractivity contribution in [2.75, 3.05) is 52.3 Å². The third-order valence-electron chi connectivity index (χ3n) is 6.64. The van der Waals surface area contributed by atoms with Crippen molar-refractivity contribution in [2.45, 2.75) is 122 Å². The molecule has 1 radical (unpaired) electrons. The first kappa shape index (κ1) is 36.8. The van der Waals surface area contributed by atoms with Gasteiger partial charge in [0.2, 0.25) is 0 Å². The summed E-state index contributed by atoms with van der Waals surface area (Å²) in [4.78, 5) is 0. The average molecular weight is 582 g/mol. The minimum Gasteiger partial charge on any atom is -0.165 e. The van der Waals surface area contributed by atoms with Gasteiger partial charge in [0, 0.05) is 4.75 Å². The molecule has 0 aliphatic rings. The van der Waals surface area contributed by atoms with E-state index in [-0.39, 0.29) is 0 Å². The van der Waals surface area contributed by atoms with Gasteiger partial charge in [-0.25, -0.2) is 0 Å². The first-order valence-corrected chi connectivity index (χ1v) is 20.7. The molecule has 0 N–H and O–H groups in total. The Morgan fingerprint density at radius 1 is 0.600 bits per heavy atom. The van der Waals surface area contributed by atoms with E-state index < -0.39 is 0 Å². The monoisotopic (exact) mass is 581 g/mol. The number of thioether (sulfide) groups is 5. The zero-order valence-corrected chi connectivity index (χ0v) is 28.3. The van der Waals surface area contributed by atoms with E-state index in [2.05, 4.69) is 87.4 Å². The molecule has 0 rings (SSSR count). The maximum Gasteiger partial charge on any atom is 0.0160 e. The molecule has 2 unspecified atom stereocenters. The van der Waals surface area contributed by atoms with Crippen molar-refractivity contribution in [3.05, 3.63) is 6.42 Å². The van der Waals surface area contributed by atoms with Gasteiger partial charge in [0.25, 0.3) is 0 Å². The molecule has 0 aliphatic heterocycles. The van der Waals surface area contributed by atoms with Crippen LogP contribution in [0.5, 0.6) is 0 Å². The summed E-state index contributed by atoms with van der Waals surface area (Å²) in [6.45, 7) is 9.34. The van der Waals surface area contributed by atoms with Gasteiger partial charge in [-0.15, -0.1) is 0 Å². The topological polar surface area (TPSA) is 0 Å². The molecule has 0 heterocycles. The van der Waals surface area contributed by atoms with E-state index in [1.54, 1.807) is 0 Å². The summed E-state index contributed by atoms with van der Waals surface area (Å²) in [5.41, 5.74) is 0. The Kier molecular flexibility index (Phi) is 30.2. The van der Waals surface area contributed by atoms with Crippen molar-refractivity contribution >= 4 is 58.8 Å². The Balaban J connectivity index is 4.83. The standard InChI is InChI=1S/C30H61S5/c1-6-10-12-13-24-34-28-18-29(17-27-31-5)16-21-30(35-9-4,19-14-25-32-22-8-3)20-15-26-33-23-11-7-2/h18,29H,6-17,19-28H2,1-5H3. The first-order valence-electron chi connectivity index (χ1n) is 14.9. The summed E-state index contributed by atoms with van der Waals surface area (Å²) < 4.78 is 0.519. The second-order valence-electron chi connectivity index (χ2n) is 9.85. The summed E-state index contributed by atoms with van der Waals surface area (Å²) in [7, 11) is 0. The molecule has 2 atom stereocenters. The maximum atomic E-state index is 2.71. The van der Waals surface area contributed by atoms with Crippen molar-refractivity contribution in [3.63, 3.8) is 0 Å². The highest BCUT2D eigenvalue weighted by atomic mass is 32.2. The van der Waals surface area contributed by atoms with Crippen LogP contribution in [0.4, 0.5) is 0 Å². The lowest BCUT2D eigenvalue weighted by Gasteiger charge is -2.35. The van der Waals surface area contributed by atoms with Crippen molar-refractivity contribution in [3.8, 4) is 0 Å². The number of unbranched alkanes of at least 4 members (excludes halogenated alkanes) is 4. The average Bonchev–Trinajstić information content (AvgIpc) is 2.86. The van der Waals surface area contributed by atoms with Gasteiger partial charge in [-0.05, 0) is 129 Å². The third-order valence-corrected chi connectivity index (χ3v) is 12.2. The van der Waals surface area contributed by atoms with Gasteiger partial charge in [0.05, 0.1) is 0 Å². The van der Waals surface area contributed by atoms with Crippen LogP contribution >= 0.6 is 58.8 Å². The fourth-order valence-corrected chi connectivity index (χ4v) is 9.36. The first-order chi connectivity index (χ1) is 17.2. The molecule has 0 spiro atoms. The summed E-state index contributed by atoms with van der Waals surface area (Å²) in [6, 6.07) is 0. The van der Waals surface area contributed by atoms with Crippen molar-refractivity contribution in [1.29, 1.82) is 0 Å². The third kappa shape index (κ3) is 23.4. The molecule has 5 heteroatoms. The second-order valence-corrected chi connectivity index (χ2v) is 16.2. The molecular formula is C30H61S5. The van der Waals surface area contributed by atoms with Crippen LogP contribution in [0.1, 0.15) is 118 Å². The summed E-state index contributed by atoms with van der Waals surface area (Å²) in [5, 5.41) is 0. The van der Waals surface area contributed by atoms with Crippen LogP contribution in [0.2, 0.25) is 0 Å². The Morgan fingerprint density at radius 2 is 1.26 bits per heavy atom. The van der Waals surface area contributed by atoms with Gasteiger partial charge < -0.3 is 0 Å². The Hall–Kier alpha value is 1.75. The summed E-state index contributed by atoms with van der Waals surface area (Å²) in [6.07, 6.45) is 24.5. The maximum absolute atomic E-state index is 2.71. The highest BCUT2D eigenvalue weighted by Gasteiger charge is 2.30. The minimum absolute atomic E-state index is 0.519. The van der Waals surface area contributed by atoms with Crippen LogP contribution in [0.25, 0.3) is 0 Å². The normalized spacial score (nSPS) is 14.3. The molecule has 0 bridgehead atoms. The van der Waals surface area contributed by atoms with Gasteiger partial charge in [-0.3, -0.25) is 0 Å². The molecule has 0 nitrogen and oxygen atoms in total. The van der Waals surface area contributed by atoms with Crippen LogP contribution in [0.3, 0.4) is 0 Å². The fourth-order valence-electron chi connectivity index (χ4n) is 4.50. The lowest BCUT2D eigenvalue weighted by molar-refractivity contribution is 0.404. The van der Waals surface area contributed by atoms with E-state index in [1.807, 2.05) is 11.8 Å². The van der Waals surface area contributed by atoms with Gasteiger partial charge >= 0.3 is 0 Å². The molecule has 0 aromatic carbocycles. The molecule has 0 amide bonds. The van der Waals surface area contributed by atoms with Crippen LogP contribution in [0, 0.1) is 12.3 Å². The van der Waals surface area contributed by atoms with Crippen molar-refractivity contribution < 1.29 is 0 Å². The lowest BCUT2D eigenvalue weighted by Crippen LogP contribution is -2.27. The number of hydrogen-bond acceptors (Lipinski definition) is 5. The van der Waals surface area contributed by atoms with Crippen LogP contribution in [-0.4, -0.2) is 57.0 Å². The molecule has 0 aromatic heterocycles. The van der Waals surface area contributed by atoms with Crippen LogP contribution < -0.4 is 0 Å². The highest BCUT2D eigenvalue weighted by molar-refractivity contribution is 8.00. The van der Waals surface area contributed by atoms with Gasteiger partial charge in [-0.1, -0.05) is 53.4 Å². The van der Waals surface area contributed by atoms with E-state index >= 15 is 0 Å². The van der Waals surface area contributed by atoms with Crippen molar-refractivity contribution in [2.24, 2.45) is 5.92 Å². The molecule has 211 valence electrons. The van der Waals surface area contributed by atoms with Crippen molar-refractivity contribution in [1.82, 2.24) is 0 Å². The van der Waals surface area contributed by atoms with E-state index in [4.69, 9.17) is 0 Å². The summed E-state index contributed by atoms with van der Waals surface area (Å²) >= 11 is 10.9. The molecule has 0 saturated carbocycles. The molecule has 0 aromatic rings. The highest BCUT2D eigenvalue weighted by Crippen LogP contribution is 2.41. The molecular weight excluding hydrogens is 521 g/mol. The van der Waals surface area contributed by atoms with Gasteiger partial charge in [0.1, 0.15) is 0 Å². The smallest absolute Gasteiger partial charge is 0.0160 e. The van der Waals surface area contributed by atoms with E-state index in [1.165, 1.54) is 136 Å². The zero-order chi connectivity index (χ0) is 25.9. The van der Waals surface area contributed by atoms with Crippen LogP contribution in [0.15, 0.2) is 0 Å². The second kappa shape index (κ2) is 28.8. The fraction of sp³-hybridized carbons (Fsp3) is 0.967. The Morgan fingerprint density at radius 3 is 1.89 bits per heavy atom. The van der Waals surface area contributed by atoms with E-state index in [0.29, 0.717) is 4.75 Å². The molecule has 35 heavy (non-hydrogen) atoms. The zero-order valence-electron chi connectivity index (χ0n) is 24.3. The largest absolute Gasteiger partial charge is 0.165 e. The molecule has 0 fully saturated rings. The SMILES string of the molecule is CCCCCCSC[CH]C(CCSC)CCC(CCCSCCC)(CCCSCCCC)SCC. The Bertz CT molecular complexity index is 406. The minimum atomic E-state index is 0.519. The van der Waals surface area contributed by atoms with Gasteiger partial charge in [-0.2, -0.15) is 58.8 Å². The summed E-state index contributed by atoms with van der Waals surface area (Å²) in [5.74, 6) is 11.5.